The first-order valence-electron chi connectivity index (χ1n) is 11.9. The van der Waals surface area contributed by atoms with E-state index in [1.54, 1.807) is 29.2 Å². The van der Waals surface area contributed by atoms with Gasteiger partial charge in [-0.2, -0.15) is 4.91 Å². The highest BCUT2D eigenvalue weighted by atomic mass is 16.6. The topological polar surface area (TPSA) is 131 Å². The summed E-state index contributed by atoms with van der Waals surface area (Å²) < 4.78 is 5.22. The van der Waals surface area contributed by atoms with Crippen LogP contribution >= 0.6 is 0 Å². The number of piperidine rings is 1. The van der Waals surface area contributed by atoms with Crippen LogP contribution in [0.25, 0.3) is 11.3 Å². The summed E-state index contributed by atoms with van der Waals surface area (Å²) in [6.45, 7) is 6.64. The summed E-state index contributed by atoms with van der Waals surface area (Å²) >= 11 is 0. The molecule has 0 atom stereocenters. The predicted molar refractivity (Wildman–Crippen MR) is 134 cm³/mol. The maximum atomic E-state index is 11.6. The number of amides is 1. The van der Waals surface area contributed by atoms with Gasteiger partial charge in [0.15, 0.2) is 5.82 Å². The third-order valence-electron chi connectivity index (χ3n) is 5.78. The highest BCUT2D eigenvalue weighted by Crippen LogP contribution is 2.28. The van der Waals surface area contributed by atoms with E-state index in [9.17, 15) is 14.8 Å². The molecular weight excluding hydrogens is 446 g/mol. The Balaban J connectivity index is 0.000000205. The highest BCUT2D eigenvalue weighted by molar-refractivity contribution is 5.69. The summed E-state index contributed by atoms with van der Waals surface area (Å²) in [7, 11) is 0. The first-order valence-corrected chi connectivity index (χ1v) is 11.9. The van der Waals surface area contributed by atoms with E-state index in [-0.39, 0.29) is 17.9 Å². The first kappa shape index (κ1) is 25.9. The fraction of sp³-hybridized carbons (Fsp3) is 0.500. The van der Waals surface area contributed by atoms with Crippen molar-refractivity contribution in [3.8, 4) is 28.8 Å². The number of aromatic nitrogens is 2. The van der Waals surface area contributed by atoms with E-state index in [1.807, 2.05) is 26.8 Å². The Morgan fingerprint density at radius 2 is 1.86 bits per heavy atom. The molecule has 2 aromatic rings. The Labute approximate surface area is 206 Å². The lowest BCUT2D eigenvalue weighted by Crippen LogP contribution is -2.42. The van der Waals surface area contributed by atoms with Gasteiger partial charge in [-0.25, -0.2) is 4.79 Å². The van der Waals surface area contributed by atoms with Gasteiger partial charge in [0.25, 0.3) is 0 Å². The quantitative estimate of drug-likeness (QED) is 0.470. The Morgan fingerprint density at radius 1 is 1.17 bits per heavy atom. The van der Waals surface area contributed by atoms with Gasteiger partial charge in [0.2, 0.25) is 0 Å². The number of aromatic hydroxyl groups is 1. The zero-order chi connectivity index (χ0) is 25.4. The monoisotopic (exact) mass is 479 g/mol. The molecular formula is C26H33N5O4. The predicted octanol–water partition coefficient (Wildman–Crippen LogP) is 4.74. The molecule has 1 aromatic carbocycles. The molecule has 1 saturated carbocycles. The largest absolute Gasteiger partial charge is 0.507 e. The number of benzene rings is 1. The molecule has 4 rings (SSSR count). The van der Waals surface area contributed by atoms with E-state index in [0.29, 0.717) is 54.5 Å². The first-order chi connectivity index (χ1) is 16.7. The van der Waals surface area contributed by atoms with Crippen molar-refractivity contribution in [2.75, 3.05) is 18.8 Å². The maximum Gasteiger partial charge on any atom is 0.410 e. The van der Waals surface area contributed by atoms with Crippen molar-refractivity contribution in [1.82, 2.24) is 15.1 Å². The van der Waals surface area contributed by atoms with Crippen molar-refractivity contribution >= 4 is 11.9 Å². The normalized spacial score (nSPS) is 16.1. The third kappa shape index (κ3) is 7.67. The average molecular weight is 480 g/mol. The van der Waals surface area contributed by atoms with Crippen molar-refractivity contribution in [3.63, 3.8) is 0 Å². The van der Waals surface area contributed by atoms with Crippen molar-refractivity contribution in [1.29, 1.82) is 0 Å². The summed E-state index contributed by atoms with van der Waals surface area (Å²) in [5.41, 5.74) is 7.23. The zero-order valence-electron chi connectivity index (χ0n) is 20.5. The smallest absolute Gasteiger partial charge is 0.410 e. The molecule has 2 heterocycles. The van der Waals surface area contributed by atoms with E-state index in [0.717, 1.165) is 12.8 Å². The molecule has 2 fully saturated rings. The van der Waals surface area contributed by atoms with E-state index < -0.39 is 5.60 Å². The highest BCUT2D eigenvalue weighted by Gasteiger charge is 2.27. The molecule has 0 spiro atoms. The standard InChI is InChI=1S/C16H15N3O.C10H18N2O3/c17-16-12(9-8-11-4-3-5-11)10-14(18-19-16)13-6-1-2-7-15(13)20;1-10(2,3)15-9(13)12-6-4-8(11-14)5-7-12/h1-2,6-7,10-11,20H,3-5H2,(H2,17,19);8H,4-7H2,1-3H3. The van der Waals surface area contributed by atoms with Crippen LogP contribution in [0.5, 0.6) is 5.75 Å². The molecule has 186 valence electrons. The second kappa shape index (κ2) is 11.6. The number of carbonyl (C=O) groups excluding carboxylic acids is 1. The molecule has 0 radical (unpaired) electrons. The SMILES string of the molecule is CC(C)(C)OC(=O)N1CCC(N=O)CC1.Nc1nnc(-c2ccccc2O)cc1C#CC1CCC1. The van der Waals surface area contributed by atoms with Crippen molar-refractivity contribution < 1.29 is 14.6 Å². The Hall–Kier alpha value is -3.67. The van der Waals surface area contributed by atoms with Gasteiger partial charge in [-0.3, -0.25) is 0 Å². The lowest BCUT2D eigenvalue weighted by Gasteiger charge is -2.31. The Kier molecular flexibility index (Phi) is 8.63. The molecule has 1 aliphatic carbocycles. The summed E-state index contributed by atoms with van der Waals surface area (Å²) in [4.78, 5) is 23.5. The third-order valence-corrected chi connectivity index (χ3v) is 5.78. The molecule has 1 aliphatic heterocycles. The number of hydrogen-bond acceptors (Lipinski definition) is 8. The second-order valence-electron chi connectivity index (χ2n) is 9.75. The minimum Gasteiger partial charge on any atom is -0.507 e. The van der Waals surface area contributed by atoms with Gasteiger partial charge >= 0.3 is 6.09 Å². The van der Waals surface area contributed by atoms with E-state index in [2.05, 4.69) is 27.2 Å². The fourth-order valence-corrected chi connectivity index (χ4v) is 3.54. The molecule has 3 N–H and O–H groups in total. The van der Waals surface area contributed by atoms with Gasteiger partial charge in [0.1, 0.15) is 11.4 Å². The number of para-hydroxylation sites is 1. The summed E-state index contributed by atoms with van der Waals surface area (Å²) in [5, 5.41) is 20.8. The van der Waals surface area contributed by atoms with E-state index in [1.165, 1.54) is 6.42 Å². The number of nitrogens with two attached hydrogens (primary N) is 1. The number of ether oxygens (including phenoxy) is 1. The van der Waals surface area contributed by atoms with Crippen LogP contribution in [0, 0.1) is 22.7 Å². The summed E-state index contributed by atoms with van der Waals surface area (Å²) in [6.07, 6.45) is 4.57. The second-order valence-corrected chi connectivity index (χ2v) is 9.75. The number of carbonyl (C=O) groups is 1. The molecule has 9 nitrogen and oxygen atoms in total. The number of nitroso groups, excluding NO2 is 1. The van der Waals surface area contributed by atoms with E-state index in [4.69, 9.17) is 10.5 Å². The Morgan fingerprint density at radius 3 is 2.43 bits per heavy atom. The van der Waals surface area contributed by atoms with Gasteiger partial charge in [-0.15, -0.1) is 10.2 Å². The van der Waals surface area contributed by atoms with Crippen molar-refractivity contribution in [2.24, 2.45) is 11.1 Å². The van der Waals surface area contributed by atoms with Crippen LogP contribution in [0.3, 0.4) is 0 Å². The molecule has 9 heteroatoms. The number of anilines is 1. The van der Waals surface area contributed by atoms with Crippen molar-refractivity contribution in [3.05, 3.63) is 40.8 Å². The van der Waals surface area contributed by atoms with Crippen LogP contribution in [0.15, 0.2) is 35.5 Å². The van der Waals surface area contributed by atoms with E-state index >= 15 is 0 Å². The van der Waals surface area contributed by atoms with Crippen LogP contribution in [-0.4, -0.2) is 51.0 Å². The Bertz CT molecular complexity index is 1090. The molecule has 35 heavy (non-hydrogen) atoms. The number of phenols is 1. The molecule has 2 aliphatic rings. The van der Waals surface area contributed by atoms with Gasteiger partial charge < -0.3 is 20.5 Å². The number of likely N-dealkylation sites (tertiary alicyclic amines) is 1. The molecule has 1 amide bonds. The number of hydrogen-bond donors (Lipinski definition) is 2. The van der Waals surface area contributed by atoms with Crippen LogP contribution < -0.4 is 5.73 Å². The summed E-state index contributed by atoms with van der Waals surface area (Å²) in [5.74, 6) is 7.28. The zero-order valence-corrected chi connectivity index (χ0v) is 20.5. The van der Waals surface area contributed by atoms with Gasteiger partial charge in [0, 0.05) is 24.6 Å². The lowest BCUT2D eigenvalue weighted by atomic mass is 9.86. The molecule has 0 bridgehead atoms. The van der Waals surface area contributed by atoms with Crippen LogP contribution in [0.1, 0.15) is 58.4 Å². The summed E-state index contributed by atoms with van der Waals surface area (Å²) in [6, 6.07) is 8.66. The van der Waals surface area contributed by atoms with Gasteiger partial charge in [-0.1, -0.05) is 35.6 Å². The maximum absolute atomic E-state index is 11.6. The minimum absolute atomic E-state index is 0.135. The number of nitrogens with zero attached hydrogens (tertiary/aromatic N) is 4. The molecule has 1 aromatic heterocycles. The van der Waals surface area contributed by atoms with Crippen molar-refractivity contribution in [2.45, 2.75) is 64.5 Å². The molecule has 1 saturated heterocycles. The number of phenolic OH excluding ortho intramolecular Hbond substituents is 1. The molecule has 0 unspecified atom stereocenters. The minimum atomic E-state index is -0.461. The lowest BCUT2D eigenvalue weighted by molar-refractivity contribution is 0.0207. The van der Waals surface area contributed by atoms with Crippen LogP contribution in [0.2, 0.25) is 0 Å². The van der Waals surface area contributed by atoms with Crippen LogP contribution in [0.4, 0.5) is 10.6 Å². The van der Waals surface area contributed by atoms with Gasteiger partial charge in [-0.05, 0) is 64.7 Å². The van der Waals surface area contributed by atoms with Gasteiger partial charge in [0.05, 0.1) is 17.3 Å². The van der Waals surface area contributed by atoms with Crippen LogP contribution in [-0.2, 0) is 4.74 Å². The number of rotatable bonds is 2. The number of nitrogen functional groups attached to an aromatic ring is 1. The fourth-order valence-electron chi connectivity index (χ4n) is 3.54. The average Bonchev–Trinajstić information content (AvgIpc) is 2.79.